The third kappa shape index (κ3) is 9.05. The van der Waals surface area contributed by atoms with E-state index in [2.05, 4.69) is 20.5 Å². The monoisotopic (exact) mass is 759 g/mol. The molecule has 3 fully saturated rings. The Hall–Kier alpha value is -5.69. The lowest BCUT2D eigenvalue weighted by Gasteiger charge is -2.50. The van der Waals surface area contributed by atoms with Gasteiger partial charge in [0.05, 0.1) is 23.7 Å². The number of aromatic hydroxyl groups is 1. The normalized spacial score (nSPS) is 18.6. The molecule has 8 rings (SSSR count). The fourth-order valence-corrected chi connectivity index (χ4v) is 8.11. The molecule has 0 radical (unpaired) electrons. The van der Waals surface area contributed by atoms with E-state index in [9.17, 15) is 29.7 Å². The Morgan fingerprint density at radius 1 is 0.893 bits per heavy atom. The van der Waals surface area contributed by atoms with E-state index in [1.807, 2.05) is 66.7 Å². The number of benzene rings is 4. The fourth-order valence-electron chi connectivity index (χ4n) is 8.11. The van der Waals surface area contributed by atoms with Gasteiger partial charge in [0.25, 0.3) is 5.91 Å². The zero-order valence-corrected chi connectivity index (χ0v) is 31.3. The van der Waals surface area contributed by atoms with Crippen molar-refractivity contribution in [3.8, 4) is 11.5 Å². The third-order valence-electron chi connectivity index (χ3n) is 11.1. The lowest BCUT2D eigenvalue weighted by Crippen LogP contribution is -2.59. The first-order valence-electron chi connectivity index (χ1n) is 19.4. The number of aliphatic hydroxyl groups is 1. The number of nitrogens with zero attached hydrogens (tertiary/aromatic N) is 2. The van der Waals surface area contributed by atoms with Crippen LogP contribution in [-0.4, -0.2) is 87.4 Å². The van der Waals surface area contributed by atoms with Crippen LogP contribution in [0.25, 0.3) is 10.9 Å². The Morgan fingerprint density at radius 3 is 2.38 bits per heavy atom. The molecule has 4 heterocycles. The molecule has 12 nitrogen and oxygen atoms in total. The third-order valence-corrected chi connectivity index (χ3v) is 11.1. The average Bonchev–Trinajstić information content (AvgIpc) is 3.22. The molecule has 3 saturated heterocycles. The van der Waals surface area contributed by atoms with Gasteiger partial charge >= 0.3 is 6.09 Å². The Bertz CT molecular complexity index is 2170. The second-order valence-corrected chi connectivity index (χ2v) is 14.7. The molecule has 2 bridgehead atoms. The first-order chi connectivity index (χ1) is 27.2. The van der Waals surface area contributed by atoms with E-state index in [4.69, 9.17) is 4.74 Å². The summed E-state index contributed by atoms with van der Waals surface area (Å²) in [5.41, 5.74) is 3.80. The number of hydrogen-bond acceptors (Lipinski definition) is 8. The van der Waals surface area contributed by atoms with E-state index in [0.717, 1.165) is 62.0 Å². The number of amides is 2. The summed E-state index contributed by atoms with van der Waals surface area (Å²) in [4.78, 5) is 44.1. The fraction of sp³-hybridized carbons (Fsp3) is 0.341. The number of carbonyl (C=O) groups excluding carboxylic acids is 1. The van der Waals surface area contributed by atoms with Crippen molar-refractivity contribution in [2.24, 2.45) is 5.92 Å². The number of pyridine rings is 1. The van der Waals surface area contributed by atoms with Crippen molar-refractivity contribution >= 4 is 22.9 Å². The van der Waals surface area contributed by atoms with Crippen LogP contribution in [0.5, 0.6) is 11.5 Å². The number of piperidine rings is 3. The van der Waals surface area contributed by atoms with Gasteiger partial charge in [-0.05, 0) is 110 Å². The summed E-state index contributed by atoms with van der Waals surface area (Å²) < 4.78 is 6.21. The SMILES string of the molecule is O=C(NCCCCNC[C@H](O)c1ccc(O)c2[nH]c(=O)ccc12)c1ccc(COc2cccc([C@@H](c3ccccc3)N(C(=O)O)C3CN4CCC3CC4)c2)cc1. The smallest absolute Gasteiger partial charge is 0.408 e. The van der Waals surface area contributed by atoms with E-state index in [1.165, 1.54) is 12.1 Å². The number of phenolic OH excluding ortho intramolecular Hbond substituents is 1. The quantitative estimate of drug-likeness (QED) is 0.0681. The maximum Gasteiger partial charge on any atom is 0.408 e. The Labute approximate surface area is 325 Å². The highest BCUT2D eigenvalue weighted by molar-refractivity contribution is 5.94. The number of phenols is 1. The summed E-state index contributed by atoms with van der Waals surface area (Å²) in [5, 5.41) is 38.2. The molecule has 2 amide bonds. The van der Waals surface area contributed by atoms with Crippen molar-refractivity contribution in [1.29, 1.82) is 0 Å². The topological polar surface area (TPSA) is 167 Å². The number of unbranched alkanes of at least 4 members (excludes halogenated alkanes) is 1. The van der Waals surface area contributed by atoms with Gasteiger partial charge in [0.1, 0.15) is 18.1 Å². The number of carbonyl (C=O) groups is 2. The van der Waals surface area contributed by atoms with Crippen LogP contribution >= 0.6 is 0 Å². The molecule has 4 aromatic carbocycles. The zero-order chi connectivity index (χ0) is 39.0. The van der Waals surface area contributed by atoms with Gasteiger partial charge in [-0.1, -0.05) is 60.7 Å². The van der Waals surface area contributed by atoms with Crippen LogP contribution in [0.15, 0.2) is 108 Å². The van der Waals surface area contributed by atoms with E-state index in [-0.39, 0.29) is 29.9 Å². The second kappa shape index (κ2) is 17.8. The molecule has 0 spiro atoms. The molecule has 3 aliphatic heterocycles. The van der Waals surface area contributed by atoms with Crippen molar-refractivity contribution < 1.29 is 29.6 Å². The van der Waals surface area contributed by atoms with E-state index in [0.29, 0.717) is 53.3 Å². The van der Waals surface area contributed by atoms with Crippen LogP contribution in [0.4, 0.5) is 4.79 Å². The van der Waals surface area contributed by atoms with Gasteiger partial charge in [-0.15, -0.1) is 0 Å². The zero-order valence-electron chi connectivity index (χ0n) is 31.3. The molecular formula is C44H49N5O7. The number of aromatic nitrogens is 1. The maximum absolute atomic E-state index is 13.0. The molecule has 1 unspecified atom stereocenters. The highest BCUT2D eigenvalue weighted by Crippen LogP contribution is 2.39. The van der Waals surface area contributed by atoms with Gasteiger partial charge in [-0.3, -0.25) is 14.5 Å². The van der Waals surface area contributed by atoms with Crippen LogP contribution in [0.1, 0.15) is 70.4 Å². The summed E-state index contributed by atoms with van der Waals surface area (Å²) in [6, 6.07) is 30.3. The lowest BCUT2D eigenvalue weighted by atomic mass is 9.81. The Morgan fingerprint density at radius 2 is 1.64 bits per heavy atom. The van der Waals surface area contributed by atoms with Gasteiger partial charge in [0.15, 0.2) is 0 Å². The van der Waals surface area contributed by atoms with E-state index >= 15 is 0 Å². The molecule has 6 N–H and O–H groups in total. The minimum atomic E-state index is -0.917. The van der Waals surface area contributed by atoms with Gasteiger partial charge < -0.3 is 40.6 Å². The molecule has 0 saturated carbocycles. The maximum atomic E-state index is 13.0. The number of aliphatic hydroxyl groups excluding tert-OH is 1. The number of H-pyrrole nitrogens is 1. The number of fused-ring (bicyclic) bond motifs is 4. The standard InChI is InChI=1S/C44H49N5O7/c50-38-17-15-35(36-16-18-40(52)47-41(36)38)39(51)26-45-21-4-5-22-46-43(53)32-13-11-29(12-14-32)28-56-34-10-6-9-33(25-34)42(31-7-2-1-3-8-31)49(44(54)55)37-27-48-23-19-30(37)20-24-48/h1-3,6-18,25,30,37,39,42,45,50-51H,4-5,19-24,26-28H2,(H,46,53)(H,47,52)(H,54,55)/t37?,39-,42+/m0/s1. The van der Waals surface area contributed by atoms with Crippen molar-refractivity contribution in [1.82, 2.24) is 25.4 Å². The van der Waals surface area contributed by atoms with Crippen molar-refractivity contribution in [2.75, 3.05) is 39.3 Å². The predicted molar refractivity (Wildman–Crippen MR) is 214 cm³/mol. The van der Waals surface area contributed by atoms with Gasteiger partial charge in [0, 0.05) is 36.7 Å². The molecule has 5 aromatic rings. The Balaban J connectivity index is 0.881. The van der Waals surface area contributed by atoms with Crippen LogP contribution < -0.4 is 20.9 Å². The van der Waals surface area contributed by atoms with Gasteiger partial charge in [-0.25, -0.2) is 4.79 Å². The summed E-state index contributed by atoms with van der Waals surface area (Å²) in [6.07, 6.45) is 1.81. The minimum absolute atomic E-state index is 0.0499. The van der Waals surface area contributed by atoms with Crippen molar-refractivity contribution in [2.45, 2.75) is 50.5 Å². The molecular weight excluding hydrogens is 711 g/mol. The van der Waals surface area contributed by atoms with Crippen molar-refractivity contribution in [3.63, 3.8) is 0 Å². The number of hydrogen-bond donors (Lipinski definition) is 6. The minimum Gasteiger partial charge on any atom is -0.506 e. The van der Waals surface area contributed by atoms with Crippen LogP contribution in [0.3, 0.4) is 0 Å². The summed E-state index contributed by atoms with van der Waals surface area (Å²) in [6.45, 7) is 4.54. The summed E-state index contributed by atoms with van der Waals surface area (Å²) in [7, 11) is 0. The van der Waals surface area contributed by atoms with Gasteiger partial charge in [-0.2, -0.15) is 0 Å². The van der Waals surface area contributed by atoms with E-state index < -0.39 is 18.2 Å². The molecule has 3 aliphatic rings. The number of carboxylic acid groups (broad SMARTS) is 1. The lowest BCUT2D eigenvalue weighted by molar-refractivity contribution is -0.000814. The van der Waals surface area contributed by atoms with Crippen molar-refractivity contribution in [3.05, 3.63) is 141 Å². The van der Waals surface area contributed by atoms with Crippen LogP contribution in [-0.2, 0) is 6.61 Å². The van der Waals surface area contributed by atoms with E-state index in [1.54, 1.807) is 29.2 Å². The highest BCUT2D eigenvalue weighted by atomic mass is 16.5. The first-order valence-corrected chi connectivity index (χ1v) is 19.4. The highest BCUT2D eigenvalue weighted by Gasteiger charge is 2.43. The molecule has 56 heavy (non-hydrogen) atoms. The predicted octanol–water partition coefficient (Wildman–Crippen LogP) is 5.81. The number of rotatable bonds is 16. The Kier molecular flexibility index (Phi) is 12.3. The van der Waals surface area contributed by atoms with Crippen LogP contribution in [0.2, 0.25) is 0 Å². The summed E-state index contributed by atoms with van der Waals surface area (Å²) >= 11 is 0. The molecule has 0 aliphatic carbocycles. The number of ether oxygens (including phenoxy) is 1. The average molecular weight is 760 g/mol. The molecule has 3 atom stereocenters. The number of aromatic amines is 1. The van der Waals surface area contributed by atoms with Gasteiger partial charge in [0.2, 0.25) is 5.56 Å². The number of nitrogens with one attached hydrogen (secondary N) is 3. The van der Waals surface area contributed by atoms with Crippen LogP contribution in [0, 0.1) is 5.92 Å². The molecule has 1 aromatic heterocycles. The molecule has 12 heteroatoms. The molecule has 292 valence electrons. The largest absolute Gasteiger partial charge is 0.506 e. The summed E-state index contributed by atoms with van der Waals surface area (Å²) in [5.74, 6) is 0.771. The second-order valence-electron chi connectivity index (χ2n) is 14.7. The first kappa shape index (κ1) is 38.6.